The lowest BCUT2D eigenvalue weighted by molar-refractivity contribution is -0.161. The first-order chi connectivity index (χ1) is 6.02. The molecule has 0 aromatic rings. The van der Waals surface area contributed by atoms with Crippen molar-refractivity contribution in [3.63, 3.8) is 0 Å². The molecule has 0 amide bonds. The Bertz CT molecular complexity index is 191. The molecule has 0 aliphatic rings. The fraction of sp³-hybridized carbons (Fsp3) is 0.778. The van der Waals surface area contributed by atoms with E-state index in [1.165, 1.54) is 0 Å². The number of hydrogen-bond acceptors (Lipinski definition) is 4. The smallest absolute Gasteiger partial charge is 0.330 e. The summed E-state index contributed by atoms with van der Waals surface area (Å²) in [6.07, 6.45) is 0.982. The lowest BCUT2D eigenvalue weighted by Gasteiger charge is -2.15. The van der Waals surface area contributed by atoms with Gasteiger partial charge in [-0.2, -0.15) is 0 Å². The summed E-state index contributed by atoms with van der Waals surface area (Å²) in [7, 11) is 0. The highest BCUT2D eigenvalue weighted by molar-refractivity contribution is 5.88. The zero-order valence-electron chi connectivity index (χ0n) is 8.37. The summed E-state index contributed by atoms with van der Waals surface area (Å²) in [5.74, 6) is -1.11. The normalized spacial score (nSPS) is 14.8. The standard InChI is InChI=1S/C9H17NO3/c1-4-6(3)8(10)9(12)13-7(11)5-2/h6,8H,4-5,10H2,1-3H3/t6-,8-/m0/s1. The average molecular weight is 187 g/mol. The van der Waals surface area contributed by atoms with Crippen molar-refractivity contribution < 1.29 is 14.3 Å². The predicted octanol–water partition coefficient (Wildman–Crippen LogP) is 0.840. The molecule has 0 fully saturated rings. The molecule has 13 heavy (non-hydrogen) atoms. The van der Waals surface area contributed by atoms with Gasteiger partial charge in [0.15, 0.2) is 0 Å². The summed E-state index contributed by atoms with van der Waals surface area (Å²) >= 11 is 0. The Morgan fingerprint density at radius 2 is 1.92 bits per heavy atom. The molecule has 76 valence electrons. The van der Waals surface area contributed by atoms with E-state index in [-0.39, 0.29) is 12.3 Å². The number of nitrogens with two attached hydrogens (primary N) is 1. The van der Waals surface area contributed by atoms with E-state index in [0.717, 1.165) is 6.42 Å². The van der Waals surface area contributed by atoms with Crippen LogP contribution in [0.5, 0.6) is 0 Å². The highest BCUT2D eigenvalue weighted by Gasteiger charge is 2.22. The van der Waals surface area contributed by atoms with Gasteiger partial charge in [-0.05, 0) is 5.92 Å². The van der Waals surface area contributed by atoms with Gasteiger partial charge in [-0.15, -0.1) is 0 Å². The molecule has 0 aromatic carbocycles. The summed E-state index contributed by atoms with van der Waals surface area (Å²) in [6, 6.07) is -0.694. The fourth-order valence-corrected chi connectivity index (χ4v) is 0.739. The predicted molar refractivity (Wildman–Crippen MR) is 48.8 cm³/mol. The molecule has 0 saturated heterocycles. The van der Waals surface area contributed by atoms with E-state index < -0.39 is 18.0 Å². The second kappa shape index (κ2) is 5.70. The third-order valence-corrected chi connectivity index (χ3v) is 2.03. The lowest BCUT2D eigenvalue weighted by Crippen LogP contribution is -2.38. The van der Waals surface area contributed by atoms with Crippen molar-refractivity contribution in [2.75, 3.05) is 0 Å². The van der Waals surface area contributed by atoms with Crippen molar-refractivity contribution in [2.45, 2.75) is 39.7 Å². The minimum absolute atomic E-state index is 0.0390. The highest BCUT2D eigenvalue weighted by atomic mass is 16.6. The highest BCUT2D eigenvalue weighted by Crippen LogP contribution is 2.06. The maximum atomic E-state index is 11.1. The molecule has 0 spiro atoms. The largest absolute Gasteiger partial charge is 0.392 e. The first kappa shape index (κ1) is 12.1. The van der Waals surface area contributed by atoms with E-state index in [1.54, 1.807) is 6.92 Å². The van der Waals surface area contributed by atoms with Gasteiger partial charge >= 0.3 is 11.9 Å². The number of esters is 2. The summed E-state index contributed by atoms with van der Waals surface area (Å²) < 4.78 is 4.48. The zero-order chi connectivity index (χ0) is 10.4. The number of ether oxygens (including phenoxy) is 1. The van der Waals surface area contributed by atoms with Crippen LogP contribution < -0.4 is 5.73 Å². The molecule has 0 rings (SSSR count). The van der Waals surface area contributed by atoms with Crippen molar-refractivity contribution in [1.29, 1.82) is 0 Å². The molecular weight excluding hydrogens is 170 g/mol. The second-order valence-corrected chi connectivity index (χ2v) is 3.06. The van der Waals surface area contributed by atoms with Gasteiger partial charge in [-0.3, -0.25) is 4.79 Å². The Labute approximate surface area is 78.4 Å². The van der Waals surface area contributed by atoms with E-state index in [0.29, 0.717) is 0 Å². The van der Waals surface area contributed by atoms with Gasteiger partial charge in [0, 0.05) is 6.42 Å². The Morgan fingerprint density at radius 1 is 1.38 bits per heavy atom. The van der Waals surface area contributed by atoms with E-state index in [1.807, 2.05) is 13.8 Å². The molecular formula is C9H17NO3. The SMILES string of the molecule is CCC(=O)OC(=O)[C@@H](N)[C@@H](C)CC. The van der Waals surface area contributed by atoms with Crippen LogP contribution in [0.4, 0.5) is 0 Å². The van der Waals surface area contributed by atoms with Gasteiger partial charge in [0.1, 0.15) is 6.04 Å². The number of carbonyl (C=O) groups is 2. The Morgan fingerprint density at radius 3 is 2.31 bits per heavy atom. The molecule has 2 N–H and O–H groups in total. The second-order valence-electron chi connectivity index (χ2n) is 3.06. The van der Waals surface area contributed by atoms with Crippen LogP contribution in [-0.2, 0) is 14.3 Å². The van der Waals surface area contributed by atoms with Crippen molar-refractivity contribution in [3.8, 4) is 0 Å². The fourth-order valence-electron chi connectivity index (χ4n) is 0.739. The topological polar surface area (TPSA) is 69.4 Å². The summed E-state index contributed by atoms with van der Waals surface area (Å²) in [5, 5.41) is 0. The van der Waals surface area contributed by atoms with E-state index in [4.69, 9.17) is 5.73 Å². The minimum atomic E-state index is -0.694. The first-order valence-corrected chi connectivity index (χ1v) is 4.53. The molecule has 0 bridgehead atoms. The lowest BCUT2D eigenvalue weighted by atomic mass is 10.0. The van der Waals surface area contributed by atoms with Crippen LogP contribution in [0.15, 0.2) is 0 Å². The van der Waals surface area contributed by atoms with Crippen LogP contribution in [0, 0.1) is 5.92 Å². The molecule has 0 aromatic heterocycles. The number of carbonyl (C=O) groups excluding carboxylic acids is 2. The van der Waals surface area contributed by atoms with Crippen LogP contribution in [-0.4, -0.2) is 18.0 Å². The van der Waals surface area contributed by atoms with Gasteiger partial charge in [0.05, 0.1) is 0 Å². The molecule has 0 saturated carbocycles. The Kier molecular flexibility index (Phi) is 5.30. The molecule has 0 aliphatic carbocycles. The van der Waals surface area contributed by atoms with Gasteiger partial charge in [0.25, 0.3) is 0 Å². The van der Waals surface area contributed by atoms with Crippen LogP contribution in [0.2, 0.25) is 0 Å². The number of rotatable bonds is 4. The quantitative estimate of drug-likeness (QED) is 0.523. The van der Waals surface area contributed by atoms with Crippen LogP contribution in [0.25, 0.3) is 0 Å². The third-order valence-electron chi connectivity index (χ3n) is 2.03. The van der Waals surface area contributed by atoms with E-state index in [2.05, 4.69) is 4.74 Å². The minimum Gasteiger partial charge on any atom is -0.392 e. The summed E-state index contributed by atoms with van der Waals surface area (Å²) in [6.45, 7) is 5.41. The van der Waals surface area contributed by atoms with Crippen molar-refractivity contribution in [2.24, 2.45) is 11.7 Å². The van der Waals surface area contributed by atoms with Gasteiger partial charge < -0.3 is 10.5 Å². The van der Waals surface area contributed by atoms with Gasteiger partial charge in [-0.25, -0.2) is 4.79 Å². The molecule has 4 heteroatoms. The summed E-state index contributed by atoms with van der Waals surface area (Å²) in [4.78, 5) is 21.9. The van der Waals surface area contributed by atoms with Crippen molar-refractivity contribution in [1.82, 2.24) is 0 Å². The van der Waals surface area contributed by atoms with Crippen LogP contribution in [0.1, 0.15) is 33.6 Å². The van der Waals surface area contributed by atoms with Crippen molar-refractivity contribution >= 4 is 11.9 Å². The molecule has 0 unspecified atom stereocenters. The third kappa shape index (κ3) is 4.03. The Balaban J connectivity index is 4.03. The maximum Gasteiger partial charge on any atom is 0.330 e. The number of hydrogen-bond donors (Lipinski definition) is 1. The van der Waals surface area contributed by atoms with E-state index >= 15 is 0 Å². The monoisotopic (exact) mass is 187 g/mol. The summed E-state index contributed by atoms with van der Waals surface area (Å²) in [5.41, 5.74) is 5.55. The zero-order valence-corrected chi connectivity index (χ0v) is 8.37. The van der Waals surface area contributed by atoms with Gasteiger partial charge in [-0.1, -0.05) is 27.2 Å². The first-order valence-electron chi connectivity index (χ1n) is 4.53. The average Bonchev–Trinajstić information content (AvgIpc) is 2.14. The van der Waals surface area contributed by atoms with Crippen LogP contribution in [0.3, 0.4) is 0 Å². The van der Waals surface area contributed by atoms with Gasteiger partial charge in [0.2, 0.25) is 0 Å². The molecule has 2 atom stereocenters. The Hall–Kier alpha value is -0.900. The van der Waals surface area contributed by atoms with E-state index in [9.17, 15) is 9.59 Å². The molecule has 0 heterocycles. The van der Waals surface area contributed by atoms with Crippen molar-refractivity contribution in [3.05, 3.63) is 0 Å². The molecule has 0 aliphatic heterocycles. The molecule has 0 radical (unpaired) electrons. The molecule has 4 nitrogen and oxygen atoms in total. The van der Waals surface area contributed by atoms with Crippen LogP contribution >= 0.6 is 0 Å². The maximum absolute atomic E-state index is 11.1.